The summed E-state index contributed by atoms with van der Waals surface area (Å²) < 4.78 is 25.1. The third-order valence-corrected chi connectivity index (χ3v) is 4.98. The number of nitrogens with zero attached hydrogens (tertiary/aromatic N) is 4. The lowest BCUT2D eigenvalue weighted by molar-refractivity contribution is -0.131. The molecule has 8 heteroatoms. The van der Waals surface area contributed by atoms with Crippen molar-refractivity contribution in [2.24, 2.45) is 0 Å². The maximum atomic E-state index is 14.1. The number of carbonyl (C=O) groups is 1. The van der Waals surface area contributed by atoms with Gasteiger partial charge in [0.25, 0.3) is 0 Å². The molecular weight excluding hydrogens is 351 g/mol. The van der Waals surface area contributed by atoms with Crippen LogP contribution in [0.4, 0.5) is 10.1 Å². The van der Waals surface area contributed by atoms with Crippen LogP contribution < -0.4 is 4.90 Å². The largest absolute Gasteiger partial charge is 0.420 e. The quantitative estimate of drug-likeness (QED) is 0.818. The fourth-order valence-corrected chi connectivity index (χ4v) is 3.53. The molecule has 1 amide bonds. The number of carbonyl (C=O) groups excluding carboxylic acids is 1. The highest BCUT2D eigenvalue weighted by Crippen LogP contribution is 2.26. The van der Waals surface area contributed by atoms with E-state index in [1.807, 2.05) is 11.0 Å². The Balaban J connectivity index is 1.49. The lowest BCUT2D eigenvalue weighted by Crippen LogP contribution is -2.36. The highest BCUT2D eigenvalue weighted by Gasteiger charge is 2.21. The molecule has 7 nitrogen and oxygen atoms in total. The van der Waals surface area contributed by atoms with Crippen molar-refractivity contribution in [3.63, 3.8) is 0 Å². The third-order valence-electron chi connectivity index (χ3n) is 4.98. The maximum absolute atomic E-state index is 14.1. The minimum atomic E-state index is -0.363. The van der Waals surface area contributed by atoms with Crippen LogP contribution in [0.2, 0.25) is 0 Å². The Morgan fingerprint density at radius 1 is 1.04 bits per heavy atom. The van der Waals surface area contributed by atoms with Gasteiger partial charge in [0.2, 0.25) is 17.7 Å². The predicted molar refractivity (Wildman–Crippen MR) is 96.9 cm³/mol. The number of likely N-dealkylation sites (tertiary alicyclic amines) is 1. The number of ether oxygens (including phenoxy) is 1. The first-order chi connectivity index (χ1) is 13.2. The molecule has 2 aliphatic heterocycles. The van der Waals surface area contributed by atoms with Crippen LogP contribution in [0.5, 0.6) is 0 Å². The van der Waals surface area contributed by atoms with Gasteiger partial charge < -0.3 is 19.0 Å². The van der Waals surface area contributed by atoms with Crippen LogP contribution in [-0.2, 0) is 16.0 Å². The summed E-state index contributed by atoms with van der Waals surface area (Å²) in [6.45, 7) is 4.23. The molecule has 3 heterocycles. The first kappa shape index (κ1) is 17.9. The minimum absolute atomic E-state index is 0.00171. The van der Waals surface area contributed by atoms with Crippen LogP contribution in [0.3, 0.4) is 0 Å². The number of benzene rings is 1. The van der Waals surface area contributed by atoms with Crippen molar-refractivity contribution < 1.29 is 18.3 Å². The molecule has 1 aromatic heterocycles. The zero-order chi connectivity index (χ0) is 18.6. The number of amides is 1. The Labute approximate surface area is 157 Å². The summed E-state index contributed by atoms with van der Waals surface area (Å²) in [6, 6.07) is 4.69. The smallest absolute Gasteiger partial charge is 0.247 e. The maximum Gasteiger partial charge on any atom is 0.247 e. The second-order valence-electron chi connectivity index (χ2n) is 6.92. The third kappa shape index (κ3) is 4.27. The van der Waals surface area contributed by atoms with Crippen molar-refractivity contribution in [3.8, 4) is 11.5 Å². The SMILES string of the molecule is O=C(Cc1nnc(-c2cc(F)cc(N3CCOCC3)c2)o1)N1CCCCC1. The molecular formula is C19H23FN4O3. The molecule has 27 heavy (non-hydrogen) atoms. The Hall–Kier alpha value is -2.48. The van der Waals surface area contributed by atoms with Gasteiger partial charge in [-0.1, -0.05) is 0 Å². The fraction of sp³-hybridized carbons (Fsp3) is 0.526. The van der Waals surface area contributed by atoms with E-state index in [2.05, 4.69) is 15.1 Å². The van der Waals surface area contributed by atoms with Crippen LogP contribution in [0.1, 0.15) is 25.2 Å². The summed E-state index contributed by atoms with van der Waals surface area (Å²) >= 11 is 0. The zero-order valence-corrected chi connectivity index (χ0v) is 15.2. The Morgan fingerprint density at radius 2 is 1.81 bits per heavy atom. The molecule has 0 unspecified atom stereocenters. The number of anilines is 1. The normalized spacial score (nSPS) is 18.0. The molecule has 2 aliphatic rings. The van der Waals surface area contributed by atoms with Gasteiger partial charge >= 0.3 is 0 Å². The van der Waals surface area contributed by atoms with Gasteiger partial charge in [0, 0.05) is 37.4 Å². The zero-order valence-electron chi connectivity index (χ0n) is 15.2. The molecule has 2 aromatic rings. The van der Waals surface area contributed by atoms with E-state index < -0.39 is 0 Å². The Morgan fingerprint density at radius 3 is 2.59 bits per heavy atom. The van der Waals surface area contributed by atoms with Crippen LogP contribution >= 0.6 is 0 Å². The van der Waals surface area contributed by atoms with Gasteiger partial charge in [-0.15, -0.1) is 10.2 Å². The average molecular weight is 374 g/mol. The van der Waals surface area contributed by atoms with Gasteiger partial charge in [-0.3, -0.25) is 4.79 Å². The van der Waals surface area contributed by atoms with E-state index in [9.17, 15) is 9.18 Å². The molecule has 4 rings (SSSR count). The first-order valence-electron chi connectivity index (χ1n) is 9.43. The summed E-state index contributed by atoms with van der Waals surface area (Å²) in [5.74, 6) is 0.125. The van der Waals surface area contributed by atoms with Crippen molar-refractivity contribution in [1.82, 2.24) is 15.1 Å². The van der Waals surface area contributed by atoms with Crippen LogP contribution in [0, 0.1) is 5.82 Å². The minimum Gasteiger partial charge on any atom is -0.420 e. The second-order valence-corrected chi connectivity index (χ2v) is 6.92. The summed E-state index contributed by atoms with van der Waals surface area (Å²) in [5.41, 5.74) is 1.28. The van der Waals surface area contributed by atoms with E-state index in [1.54, 1.807) is 0 Å². The number of halogens is 1. The number of rotatable bonds is 4. The molecule has 0 N–H and O–H groups in total. The van der Waals surface area contributed by atoms with E-state index in [0.717, 1.165) is 31.6 Å². The molecule has 0 aliphatic carbocycles. The lowest BCUT2D eigenvalue weighted by Gasteiger charge is -2.29. The Kier molecular flexibility index (Phi) is 5.33. The number of hydrogen-bond donors (Lipinski definition) is 0. The monoisotopic (exact) mass is 374 g/mol. The van der Waals surface area contributed by atoms with E-state index in [0.29, 0.717) is 31.9 Å². The number of morpholine rings is 1. The van der Waals surface area contributed by atoms with Gasteiger partial charge in [-0.2, -0.15) is 0 Å². The van der Waals surface area contributed by atoms with Crippen molar-refractivity contribution in [2.45, 2.75) is 25.7 Å². The van der Waals surface area contributed by atoms with Crippen LogP contribution in [-0.4, -0.2) is 60.4 Å². The highest BCUT2D eigenvalue weighted by atomic mass is 19.1. The van der Waals surface area contributed by atoms with Gasteiger partial charge in [0.05, 0.1) is 13.2 Å². The molecule has 0 radical (unpaired) electrons. The van der Waals surface area contributed by atoms with Crippen molar-refractivity contribution in [1.29, 1.82) is 0 Å². The van der Waals surface area contributed by atoms with E-state index in [1.165, 1.54) is 18.6 Å². The summed E-state index contributed by atoms with van der Waals surface area (Å²) in [4.78, 5) is 16.2. The van der Waals surface area contributed by atoms with Crippen molar-refractivity contribution in [3.05, 3.63) is 29.9 Å². The van der Waals surface area contributed by atoms with Crippen molar-refractivity contribution in [2.75, 3.05) is 44.3 Å². The topological polar surface area (TPSA) is 71.7 Å². The van der Waals surface area contributed by atoms with Crippen molar-refractivity contribution >= 4 is 11.6 Å². The molecule has 0 bridgehead atoms. The van der Waals surface area contributed by atoms with E-state index >= 15 is 0 Å². The summed E-state index contributed by atoms with van der Waals surface area (Å²) in [6.07, 6.45) is 3.32. The summed E-state index contributed by atoms with van der Waals surface area (Å²) in [7, 11) is 0. The molecule has 0 spiro atoms. The van der Waals surface area contributed by atoms with Gasteiger partial charge in [-0.05, 0) is 37.5 Å². The lowest BCUT2D eigenvalue weighted by atomic mass is 10.1. The molecule has 2 fully saturated rings. The summed E-state index contributed by atoms with van der Waals surface area (Å²) in [5, 5.41) is 7.99. The molecule has 0 saturated carbocycles. The molecule has 2 saturated heterocycles. The molecule has 1 aromatic carbocycles. The van der Waals surface area contributed by atoms with E-state index in [4.69, 9.17) is 9.15 Å². The Bertz CT molecular complexity index is 798. The first-order valence-corrected chi connectivity index (χ1v) is 9.43. The van der Waals surface area contributed by atoms with Crippen LogP contribution in [0.25, 0.3) is 11.5 Å². The van der Waals surface area contributed by atoms with Gasteiger partial charge in [0.15, 0.2) is 0 Å². The molecule has 144 valence electrons. The second kappa shape index (κ2) is 8.04. The number of aromatic nitrogens is 2. The molecule has 0 atom stereocenters. The van der Waals surface area contributed by atoms with Gasteiger partial charge in [-0.25, -0.2) is 4.39 Å². The average Bonchev–Trinajstić information content (AvgIpc) is 3.17. The van der Waals surface area contributed by atoms with Crippen LogP contribution in [0.15, 0.2) is 22.6 Å². The number of hydrogen-bond acceptors (Lipinski definition) is 6. The predicted octanol–water partition coefficient (Wildman–Crippen LogP) is 2.27. The fourth-order valence-electron chi connectivity index (χ4n) is 3.53. The van der Waals surface area contributed by atoms with Gasteiger partial charge in [0.1, 0.15) is 12.2 Å². The standard InChI is InChI=1S/C19H23FN4O3/c20-15-10-14(11-16(12-15)23-6-8-26-9-7-23)19-22-21-17(27-19)13-18(25)24-4-2-1-3-5-24/h10-12H,1-9,13H2. The highest BCUT2D eigenvalue weighted by molar-refractivity contribution is 5.78. The van der Waals surface area contributed by atoms with E-state index in [-0.39, 0.29) is 29.9 Å². The number of piperidine rings is 1.